The van der Waals surface area contributed by atoms with Crippen molar-refractivity contribution < 1.29 is 13.7 Å². The number of aromatic nitrogens is 4. The molecule has 1 saturated carbocycles. The summed E-state index contributed by atoms with van der Waals surface area (Å²) in [7, 11) is 0. The van der Waals surface area contributed by atoms with E-state index in [-0.39, 0.29) is 48.0 Å². The molecule has 1 aliphatic heterocycles. The maximum Gasteiger partial charge on any atom is 0.292 e. The predicted octanol–water partition coefficient (Wildman–Crippen LogP) is 5.53. The Kier molecular flexibility index (Phi) is 8.66. The van der Waals surface area contributed by atoms with Gasteiger partial charge in [-0.2, -0.15) is 0 Å². The number of benzene rings is 2. The number of halogens is 4. The molecule has 39 heavy (non-hydrogen) atoms. The van der Waals surface area contributed by atoms with E-state index in [4.69, 9.17) is 21.9 Å². The van der Waals surface area contributed by atoms with E-state index in [1.807, 2.05) is 23.1 Å². The second-order valence-electron chi connectivity index (χ2n) is 9.81. The smallest absolute Gasteiger partial charge is 0.292 e. The monoisotopic (exact) mass is 592 g/mol. The summed E-state index contributed by atoms with van der Waals surface area (Å²) in [6.07, 6.45) is 3.50. The molecule has 4 aromatic rings. The van der Waals surface area contributed by atoms with Gasteiger partial charge in [0, 0.05) is 47.7 Å². The zero-order valence-corrected chi connectivity index (χ0v) is 23.3. The van der Waals surface area contributed by atoms with Crippen molar-refractivity contribution in [2.45, 2.75) is 43.7 Å². The largest absolute Gasteiger partial charge is 0.352 e. The van der Waals surface area contributed by atoms with Crippen molar-refractivity contribution in [3.8, 4) is 22.8 Å². The lowest BCUT2D eigenvalue weighted by Gasteiger charge is -2.44. The molecular weight excluding hydrogens is 566 g/mol. The Morgan fingerprint density at radius 1 is 1.03 bits per heavy atom. The van der Waals surface area contributed by atoms with Crippen LogP contribution in [0.25, 0.3) is 22.8 Å². The molecule has 8 nitrogen and oxygen atoms in total. The molecule has 1 fully saturated rings. The molecular formula is C27H28Cl3FN6O2. The number of amides is 1. The number of hydrogen-bond acceptors (Lipinski definition) is 6. The fourth-order valence-corrected chi connectivity index (χ4v) is 5.86. The average Bonchev–Trinajstić information content (AvgIpc) is 3.57. The fraction of sp³-hybridized carbons (Fsp3) is 0.333. The lowest BCUT2D eigenvalue weighted by Crippen LogP contribution is -2.50. The molecule has 1 aliphatic carbocycles. The van der Waals surface area contributed by atoms with E-state index in [0.717, 1.165) is 31.2 Å². The van der Waals surface area contributed by atoms with Gasteiger partial charge in [0.1, 0.15) is 11.5 Å². The first-order valence-corrected chi connectivity index (χ1v) is 12.8. The third-order valence-electron chi connectivity index (χ3n) is 7.82. The molecule has 2 aromatic carbocycles. The van der Waals surface area contributed by atoms with Gasteiger partial charge in [0.15, 0.2) is 0 Å². The molecule has 206 valence electrons. The Bertz CT molecular complexity index is 1450. The van der Waals surface area contributed by atoms with Gasteiger partial charge in [-0.15, -0.1) is 35.0 Å². The number of fused-ring (bicyclic) bond motifs is 1. The van der Waals surface area contributed by atoms with E-state index in [1.54, 1.807) is 22.8 Å². The van der Waals surface area contributed by atoms with Crippen LogP contribution in [0.1, 0.15) is 41.9 Å². The first-order chi connectivity index (χ1) is 18.0. The van der Waals surface area contributed by atoms with Crippen LogP contribution in [0.3, 0.4) is 0 Å². The standard InChI is InChI=1S/C27H26ClFN6O2.2ClH/c28-19-3-1-2-18(14-19)27(16-30)10-8-21(9-11-27)34-12-13-35-24(31-32-25(35)26(34)36)23-15-22(33-37-23)17-4-6-20(29)7-5-17;;/h1-7,14-15,21H,8-13,16,30H2;2*1H/t21-,27-;;. The van der Waals surface area contributed by atoms with Gasteiger partial charge in [0.05, 0.1) is 0 Å². The molecule has 1 amide bonds. The van der Waals surface area contributed by atoms with E-state index < -0.39 is 0 Å². The normalized spacial score (nSPS) is 20.6. The highest BCUT2D eigenvalue weighted by atomic mass is 35.5. The van der Waals surface area contributed by atoms with E-state index >= 15 is 0 Å². The number of carbonyl (C=O) groups is 1. The fourth-order valence-electron chi connectivity index (χ4n) is 5.67. The van der Waals surface area contributed by atoms with Gasteiger partial charge in [-0.1, -0.05) is 28.9 Å². The lowest BCUT2D eigenvalue weighted by molar-refractivity contribution is 0.0523. The Hall–Kier alpha value is -2.98. The van der Waals surface area contributed by atoms with Crippen molar-refractivity contribution in [2.75, 3.05) is 13.1 Å². The summed E-state index contributed by atoms with van der Waals surface area (Å²) in [6, 6.07) is 15.8. The minimum atomic E-state index is -0.321. The van der Waals surface area contributed by atoms with Gasteiger partial charge in [-0.05, 0) is 67.6 Å². The van der Waals surface area contributed by atoms with Crippen LogP contribution < -0.4 is 5.73 Å². The summed E-state index contributed by atoms with van der Waals surface area (Å²) in [5.74, 6) is 0.711. The van der Waals surface area contributed by atoms with Gasteiger partial charge in [0.2, 0.25) is 17.4 Å². The van der Waals surface area contributed by atoms with E-state index in [1.165, 1.54) is 17.7 Å². The summed E-state index contributed by atoms with van der Waals surface area (Å²) in [6.45, 7) is 1.67. The molecule has 0 atom stereocenters. The number of hydrogen-bond donors (Lipinski definition) is 1. The van der Waals surface area contributed by atoms with Gasteiger partial charge in [-0.3, -0.25) is 9.36 Å². The second-order valence-corrected chi connectivity index (χ2v) is 10.2. The maximum atomic E-state index is 13.4. The molecule has 6 rings (SSSR count). The summed E-state index contributed by atoms with van der Waals surface area (Å²) >= 11 is 6.25. The van der Waals surface area contributed by atoms with Crippen molar-refractivity contribution in [3.05, 3.63) is 76.8 Å². The molecule has 0 radical (unpaired) electrons. The summed E-state index contributed by atoms with van der Waals surface area (Å²) in [4.78, 5) is 15.4. The van der Waals surface area contributed by atoms with Crippen LogP contribution in [0.2, 0.25) is 5.02 Å². The minimum absolute atomic E-state index is 0. The van der Waals surface area contributed by atoms with E-state index in [9.17, 15) is 9.18 Å². The summed E-state index contributed by atoms with van der Waals surface area (Å²) < 4.78 is 20.6. The molecule has 2 aromatic heterocycles. The first kappa shape index (κ1) is 29.0. The minimum Gasteiger partial charge on any atom is -0.352 e. The molecule has 0 spiro atoms. The Balaban J connectivity index is 0.00000176. The van der Waals surface area contributed by atoms with Crippen LogP contribution >= 0.6 is 36.4 Å². The van der Waals surface area contributed by atoms with Crippen LogP contribution in [-0.4, -0.2) is 49.9 Å². The number of nitrogens with zero attached hydrogens (tertiary/aromatic N) is 5. The highest BCUT2D eigenvalue weighted by molar-refractivity contribution is 6.30. The van der Waals surface area contributed by atoms with Crippen molar-refractivity contribution in [1.29, 1.82) is 0 Å². The summed E-state index contributed by atoms with van der Waals surface area (Å²) in [5, 5.41) is 13.3. The topological polar surface area (TPSA) is 103 Å². The average molecular weight is 594 g/mol. The quantitative estimate of drug-likeness (QED) is 0.326. The number of rotatable bonds is 5. The maximum absolute atomic E-state index is 13.4. The highest BCUT2D eigenvalue weighted by Gasteiger charge is 2.41. The molecule has 0 unspecified atom stereocenters. The summed E-state index contributed by atoms with van der Waals surface area (Å²) in [5.41, 5.74) is 8.59. The van der Waals surface area contributed by atoms with E-state index in [2.05, 4.69) is 21.4 Å². The molecule has 0 bridgehead atoms. The third kappa shape index (κ3) is 5.28. The molecule has 3 heterocycles. The zero-order valence-electron chi connectivity index (χ0n) is 20.9. The van der Waals surface area contributed by atoms with Gasteiger partial charge >= 0.3 is 0 Å². The Morgan fingerprint density at radius 2 is 1.74 bits per heavy atom. The van der Waals surface area contributed by atoms with Gasteiger partial charge < -0.3 is 15.2 Å². The van der Waals surface area contributed by atoms with Crippen molar-refractivity contribution in [3.63, 3.8) is 0 Å². The number of nitrogens with two attached hydrogens (primary N) is 1. The first-order valence-electron chi connectivity index (χ1n) is 12.4. The van der Waals surface area contributed by atoms with Crippen LogP contribution in [-0.2, 0) is 12.0 Å². The van der Waals surface area contributed by atoms with Crippen LogP contribution in [0, 0.1) is 5.82 Å². The molecule has 12 heteroatoms. The Morgan fingerprint density at radius 3 is 2.44 bits per heavy atom. The zero-order chi connectivity index (χ0) is 25.6. The molecule has 2 aliphatic rings. The van der Waals surface area contributed by atoms with Gasteiger partial charge in [0.25, 0.3) is 5.91 Å². The van der Waals surface area contributed by atoms with Crippen LogP contribution in [0.15, 0.2) is 59.1 Å². The second kappa shape index (κ2) is 11.6. The van der Waals surface area contributed by atoms with Gasteiger partial charge in [-0.25, -0.2) is 4.39 Å². The van der Waals surface area contributed by atoms with Crippen LogP contribution in [0.5, 0.6) is 0 Å². The molecule has 0 saturated heterocycles. The lowest BCUT2D eigenvalue weighted by atomic mass is 9.68. The SMILES string of the molecule is Cl.Cl.NC[C@]1(c2cccc(Cl)c2)CC[C@H](N2CCn3c(nnc3-c3cc(-c4ccc(F)cc4)no3)C2=O)CC1. The van der Waals surface area contributed by atoms with Crippen molar-refractivity contribution >= 4 is 42.3 Å². The highest BCUT2D eigenvalue weighted by Crippen LogP contribution is 2.41. The van der Waals surface area contributed by atoms with Crippen molar-refractivity contribution in [1.82, 2.24) is 24.8 Å². The van der Waals surface area contributed by atoms with E-state index in [0.29, 0.717) is 47.8 Å². The molecule has 2 N–H and O–H groups in total. The van der Waals surface area contributed by atoms with Crippen molar-refractivity contribution in [2.24, 2.45) is 5.73 Å². The third-order valence-corrected chi connectivity index (χ3v) is 8.05. The Labute approximate surface area is 242 Å². The van der Waals surface area contributed by atoms with Crippen LogP contribution in [0.4, 0.5) is 4.39 Å². The number of carbonyl (C=O) groups excluding carboxylic acids is 1. The predicted molar refractivity (Wildman–Crippen MR) is 151 cm³/mol.